The molecule has 0 aromatic carbocycles. The number of rotatable bonds is 2. The van der Waals surface area contributed by atoms with Crippen molar-refractivity contribution in [2.24, 2.45) is 0 Å². The first-order chi connectivity index (χ1) is 3.55. The highest BCUT2D eigenvalue weighted by molar-refractivity contribution is 6.64. The first-order valence-corrected chi connectivity index (χ1v) is 5.68. The molecule has 0 aliphatic heterocycles. The van der Waals surface area contributed by atoms with E-state index in [9.17, 15) is 0 Å². The molecule has 50 valence electrons. The fourth-order valence-electron chi connectivity index (χ4n) is 0.154. The Morgan fingerprint density at radius 3 is 1.25 bits per heavy atom. The van der Waals surface area contributed by atoms with Crippen LogP contribution in [-0.4, -0.2) is 37.8 Å². The van der Waals surface area contributed by atoms with E-state index in [2.05, 4.69) is 0 Å². The number of hydrogen-bond donors (Lipinski definition) is 4. The summed E-state index contributed by atoms with van der Waals surface area (Å²) in [5, 5.41) is -0.630. The zero-order valence-corrected chi connectivity index (χ0v) is 6.83. The van der Waals surface area contributed by atoms with Crippen molar-refractivity contribution in [1.82, 2.24) is 0 Å². The molecule has 0 radical (unpaired) electrons. The summed E-state index contributed by atoms with van der Waals surface area (Å²) in [6.45, 7) is 1.44. The van der Waals surface area contributed by atoms with Gasteiger partial charge in [0.1, 0.15) is 0 Å². The molecule has 0 aromatic rings. The Balaban J connectivity index is 3.46. The molecular formula is C2H10O4Si2. The third-order valence-corrected chi connectivity index (χ3v) is 4.89. The van der Waals surface area contributed by atoms with Gasteiger partial charge in [0.15, 0.2) is 0 Å². The Labute approximate surface area is 50.7 Å². The summed E-state index contributed by atoms with van der Waals surface area (Å²) in [6, 6.07) is 0. The van der Waals surface area contributed by atoms with E-state index in [4.69, 9.17) is 19.2 Å². The molecule has 8 heavy (non-hydrogen) atoms. The Kier molecular flexibility index (Phi) is 3.44. The Morgan fingerprint density at radius 1 is 1.00 bits per heavy atom. The minimum Gasteiger partial charge on any atom is -0.413 e. The average molecular weight is 154 g/mol. The molecule has 0 atom stereocenters. The van der Waals surface area contributed by atoms with Crippen LogP contribution < -0.4 is 0 Å². The molecule has 4 nitrogen and oxygen atoms in total. The van der Waals surface area contributed by atoms with Gasteiger partial charge in [-0.1, -0.05) is 6.92 Å². The van der Waals surface area contributed by atoms with E-state index < -0.39 is 23.7 Å². The van der Waals surface area contributed by atoms with Gasteiger partial charge in [0.05, 0.1) is 0 Å². The molecule has 0 amide bonds. The Bertz CT molecular complexity index is 57.1. The molecule has 0 fully saturated rings. The smallest absolute Gasteiger partial charge is 0.320 e. The van der Waals surface area contributed by atoms with Gasteiger partial charge < -0.3 is 19.2 Å². The predicted molar refractivity (Wildman–Crippen MR) is 32.6 cm³/mol. The van der Waals surface area contributed by atoms with Crippen LogP contribution in [0.3, 0.4) is 0 Å². The minimum absolute atomic E-state index is 0.630. The van der Waals surface area contributed by atoms with Crippen molar-refractivity contribution in [1.29, 1.82) is 0 Å². The zero-order valence-electron chi connectivity index (χ0n) is 4.52. The fraction of sp³-hybridized carbons (Fsp3) is 1.00. The molecule has 0 saturated heterocycles. The first-order valence-electron chi connectivity index (χ1n) is 2.28. The first kappa shape index (κ1) is 8.27. The van der Waals surface area contributed by atoms with Gasteiger partial charge in [-0.2, -0.15) is 0 Å². The molecule has 0 bridgehead atoms. The van der Waals surface area contributed by atoms with Gasteiger partial charge in [-0.05, 0) is 0 Å². The van der Waals surface area contributed by atoms with Crippen molar-refractivity contribution in [3.8, 4) is 0 Å². The molecule has 0 spiro atoms. The summed E-state index contributed by atoms with van der Waals surface area (Å²) < 4.78 is 0. The van der Waals surface area contributed by atoms with Gasteiger partial charge in [0.2, 0.25) is 0 Å². The third kappa shape index (κ3) is 2.55. The van der Waals surface area contributed by atoms with Crippen molar-refractivity contribution in [3.05, 3.63) is 0 Å². The van der Waals surface area contributed by atoms with Crippen LogP contribution in [0.2, 0.25) is 5.16 Å². The quantitative estimate of drug-likeness (QED) is 0.327. The monoisotopic (exact) mass is 154 g/mol. The lowest BCUT2D eigenvalue weighted by molar-refractivity contribution is 0.363. The van der Waals surface area contributed by atoms with Crippen LogP contribution in [0.4, 0.5) is 0 Å². The Hall–Kier alpha value is 0.274. The van der Waals surface area contributed by atoms with Crippen molar-refractivity contribution in [2.45, 2.75) is 12.1 Å². The van der Waals surface area contributed by atoms with E-state index in [0.29, 0.717) is 0 Å². The van der Waals surface area contributed by atoms with Gasteiger partial charge in [-0.15, -0.1) is 0 Å². The standard InChI is InChI=1S/C2H10O4Si2/c1-2(7(3)4)8(5)6/h2-8H,1H3. The SMILES string of the molecule is CC([SiH](O)O)[SiH](O)O. The zero-order chi connectivity index (χ0) is 6.73. The van der Waals surface area contributed by atoms with Gasteiger partial charge in [-0.3, -0.25) is 0 Å². The second-order valence-corrected chi connectivity index (χ2v) is 6.21. The molecule has 0 aliphatic rings. The molecule has 0 heterocycles. The summed E-state index contributed by atoms with van der Waals surface area (Å²) in [7, 11) is -5.52. The highest BCUT2D eigenvalue weighted by Crippen LogP contribution is 2.04. The molecule has 0 aliphatic carbocycles. The van der Waals surface area contributed by atoms with Crippen molar-refractivity contribution < 1.29 is 19.2 Å². The van der Waals surface area contributed by atoms with E-state index in [-0.39, 0.29) is 0 Å². The van der Waals surface area contributed by atoms with Gasteiger partial charge in [-0.25, -0.2) is 0 Å². The van der Waals surface area contributed by atoms with Crippen LogP contribution in [0, 0.1) is 0 Å². The van der Waals surface area contributed by atoms with Crippen molar-refractivity contribution >= 4 is 18.6 Å². The Morgan fingerprint density at radius 2 is 1.25 bits per heavy atom. The highest BCUT2D eigenvalue weighted by Gasteiger charge is 2.23. The maximum absolute atomic E-state index is 8.40. The fourth-order valence-corrected chi connectivity index (χ4v) is 1.39. The lowest BCUT2D eigenvalue weighted by Gasteiger charge is -2.09. The van der Waals surface area contributed by atoms with Crippen molar-refractivity contribution in [3.63, 3.8) is 0 Å². The largest absolute Gasteiger partial charge is 0.413 e. The lowest BCUT2D eigenvalue weighted by Crippen LogP contribution is -2.31. The summed E-state index contributed by atoms with van der Waals surface area (Å²) >= 11 is 0. The summed E-state index contributed by atoms with van der Waals surface area (Å²) in [6.07, 6.45) is 0. The van der Waals surface area contributed by atoms with E-state index >= 15 is 0 Å². The molecule has 0 rings (SSSR count). The average Bonchev–Trinajstić information content (AvgIpc) is 1.64. The molecular weight excluding hydrogens is 144 g/mol. The van der Waals surface area contributed by atoms with Crippen LogP contribution in [-0.2, 0) is 0 Å². The second kappa shape index (κ2) is 3.33. The van der Waals surface area contributed by atoms with Crippen molar-refractivity contribution in [2.75, 3.05) is 0 Å². The molecule has 0 saturated carbocycles. The molecule has 6 heteroatoms. The lowest BCUT2D eigenvalue weighted by atomic mass is 10.9. The minimum atomic E-state index is -2.76. The molecule has 4 N–H and O–H groups in total. The maximum Gasteiger partial charge on any atom is 0.320 e. The molecule has 0 unspecified atom stereocenters. The van der Waals surface area contributed by atoms with Crippen LogP contribution in [0.25, 0.3) is 0 Å². The second-order valence-electron chi connectivity index (χ2n) is 1.69. The number of hydrogen-bond acceptors (Lipinski definition) is 4. The van der Waals surface area contributed by atoms with E-state index in [1.165, 1.54) is 6.92 Å². The van der Waals surface area contributed by atoms with E-state index in [1.54, 1.807) is 0 Å². The van der Waals surface area contributed by atoms with Gasteiger partial charge in [0.25, 0.3) is 0 Å². The molecule has 0 aromatic heterocycles. The van der Waals surface area contributed by atoms with Gasteiger partial charge in [0, 0.05) is 5.16 Å². The predicted octanol–water partition coefficient (Wildman–Crippen LogP) is -2.67. The summed E-state index contributed by atoms with van der Waals surface area (Å²) in [5.41, 5.74) is 0. The topological polar surface area (TPSA) is 80.9 Å². The van der Waals surface area contributed by atoms with Gasteiger partial charge >= 0.3 is 18.6 Å². The van der Waals surface area contributed by atoms with E-state index in [1.807, 2.05) is 0 Å². The van der Waals surface area contributed by atoms with E-state index in [0.717, 1.165) is 0 Å². The van der Waals surface area contributed by atoms with Crippen LogP contribution in [0.1, 0.15) is 6.92 Å². The highest BCUT2D eigenvalue weighted by atomic mass is 28.4. The van der Waals surface area contributed by atoms with Crippen LogP contribution >= 0.6 is 0 Å². The maximum atomic E-state index is 8.40. The van der Waals surface area contributed by atoms with Crippen LogP contribution in [0.5, 0.6) is 0 Å². The van der Waals surface area contributed by atoms with Crippen LogP contribution in [0.15, 0.2) is 0 Å². The summed E-state index contributed by atoms with van der Waals surface area (Å²) in [4.78, 5) is 33.6. The third-order valence-electron chi connectivity index (χ3n) is 0.941. The normalized spacial score (nSPS) is 12.0. The summed E-state index contributed by atoms with van der Waals surface area (Å²) in [5.74, 6) is 0.